The van der Waals surface area contributed by atoms with Crippen LogP contribution in [0.5, 0.6) is 0 Å². The third kappa shape index (κ3) is 2.13. The van der Waals surface area contributed by atoms with Gasteiger partial charge in [-0.15, -0.1) is 5.10 Å². The molecule has 2 heterocycles. The second-order valence-corrected chi connectivity index (χ2v) is 4.17. The van der Waals surface area contributed by atoms with Gasteiger partial charge in [0.1, 0.15) is 5.84 Å². The van der Waals surface area contributed by atoms with E-state index in [1.165, 1.54) is 0 Å². The van der Waals surface area contributed by atoms with Crippen LogP contribution < -0.4 is 5.73 Å². The minimum Gasteiger partial charge on any atom is -0.386 e. The summed E-state index contributed by atoms with van der Waals surface area (Å²) in [5, 5.41) is 12.4. The maximum absolute atomic E-state index is 5.64. The Morgan fingerprint density at radius 1 is 1.50 bits per heavy atom. The largest absolute Gasteiger partial charge is 0.386 e. The van der Waals surface area contributed by atoms with Gasteiger partial charge in [-0.3, -0.25) is 4.68 Å². The first-order chi connectivity index (χ1) is 7.70. The standard InChI is InChI=1S/C11H17N5/c1-3-4-16-7-9(6-13-16)11-8(2)5-10(12)14-15-11/h6-8H,3-5H2,1-2H3,(H2,12,14). The van der Waals surface area contributed by atoms with Crippen molar-refractivity contribution in [2.75, 3.05) is 0 Å². The van der Waals surface area contributed by atoms with Gasteiger partial charge >= 0.3 is 0 Å². The van der Waals surface area contributed by atoms with Gasteiger partial charge in [-0.25, -0.2) is 0 Å². The van der Waals surface area contributed by atoms with E-state index in [1.807, 2.05) is 17.1 Å². The number of rotatable bonds is 3. The number of hydrogen-bond donors (Lipinski definition) is 1. The van der Waals surface area contributed by atoms with Crippen LogP contribution in [-0.4, -0.2) is 21.3 Å². The molecular formula is C11H17N5. The lowest BCUT2D eigenvalue weighted by Crippen LogP contribution is -2.24. The van der Waals surface area contributed by atoms with Crippen LogP contribution in [0.2, 0.25) is 0 Å². The number of hydrogen-bond acceptors (Lipinski definition) is 4. The monoisotopic (exact) mass is 219 g/mol. The molecule has 0 aliphatic carbocycles. The highest BCUT2D eigenvalue weighted by Crippen LogP contribution is 2.16. The first-order valence-electron chi connectivity index (χ1n) is 5.63. The van der Waals surface area contributed by atoms with Crippen LogP contribution in [0.25, 0.3) is 0 Å². The topological polar surface area (TPSA) is 68.6 Å². The molecule has 5 nitrogen and oxygen atoms in total. The molecule has 0 spiro atoms. The summed E-state index contributed by atoms with van der Waals surface area (Å²) in [6, 6.07) is 0. The molecule has 2 N–H and O–H groups in total. The van der Waals surface area contributed by atoms with Gasteiger partial charge in [0.05, 0.1) is 11.9 Å². The van der Waals surface area contributed by atoms with Crippen LogP contribution in [0.1, 0.15) is 32.3 Å². The molecule has 1 unspecified atom stereocenters. The molecule has 86 valence electrons. The van der Waals surface area contributed by atoms with E-state index in [-0.39, 0.29) is 0 Å². The highest BCUT2D eigenvalue weighted by atomic mass is 15.3. The Morgan fingerprint density at radius 3 is 3.00 bits per heavy atom. The fourth-order valence-electron chi connectivity index (χ4n) is 1.86. The Morgan fingerprint density at radius 2 is 2.31 bits per heavy atom. The first-order valence-corrected chi connectivity index (χ1v) is 5.63. The van der Waals surface area contributed by atoms with Crippen molar-refractivity contribution >= 4 is 11.5 Å². The Bertz CT molecular complexity index is 429. The molecule has 0 radical (unpaired) electrons. The smallest absolute Gasteiger partial charge is 0.123 e. The highest BCUT2D eigenvalue weighted by Gasteiger charge is 2.19. The number of nitrogens with zero attached hydrogens (tertiary/aromatic N) is 4. The fraction of sp³-hybridized carbons (Fsp3) is 0.545. The molecule has 0 aromatic carbocycles. The highest BCUT2D eigenvalue weighted by molar-refractivity contribution is 6.05. The second kappa shape index (κ2) is 4.47. The molecule has 1 aromatic heterocycles. The number of aryl methyl sites for hydroxylation is 1. The zero-order chi connectivity index (χ0) is 11.5. The van der Waals surface area contributed by atoms with Crippen molar-refractivity contribution in [1.29, 1.82) is 0 Å². The van der Waals surface area contributed by atoms with Crippen LogP contribution in [0.3, 0.4) is 0 Å². The lowest BCUT2D eigenvalue weighted by Gasteiger charge is -2.15. The molecule has 2 rings (SSSR count). The van der Waals surface area contributed by atoms with Gasteiger partial charge in [-0.05, 0) is 6.42 Å². The van der Waals surface area contributed by atoms with E-state index in [0.29, 0.717) is 11.8 Å². The Hall–Kier alpha value is -1.65. The molecule has 1 aliphatic rings. The third-order valence-corrected chi connectivity index (χ3v) is 2.65. The summed E-state index contributed by atoms with van der Waals surface area (Å²) in [5.74, 6) is 0.925. The Balaban J connectivity index is 2.23. The van der Waals surface area contributed by atoms with Crippen molar-refractivity contribution in [2.24, 2.45) is 21.9 Å². The predicted octanol–water partition coefficient (Wildman–Crippen LogP) is 1.39. The van der Waals surface area contributed by atoms with E-state index in [2.05, 4.69) is 29.1 Å². The van der Waals surface area contributed by atoms with Gasteiger partial charge in [0, 0.05) is 30.6 Å². The van der Waals surface area contributed by atoms with Crippen molar-refractivity contribution in [3.05, 3.63) is 18.0 Å². The van der Waals surface area contributed by atoms with Crippen molar-refractivity contribution < 1.29 is 0 Å². The first kappa shape index (κ1) is 10.9. The summed E-state index contributed by atoms with van der Waals surface area (Å²) in [4.78, 5) is 0. The summed E-state index contributed by atoms with van der Waals surface area (Å²) in [6.07, 6.45) is 5.73. The van der Waals surface area contributed by atoms with Gasteiger partial charge < -0.3 is 5.73 Å². The van der Waals surface area contributed by atoms with Crippen molar-refractivity contribution in [3.8, 4) is 0 Å². The average molecular weight is 219 g/mol. The quantitative estimate of drug-likeness (QED) is 0.834. The SMILES string of the molecule is CCCn1cc(C2=NN=C(N)CC2C)cn1. The summed E-state index contributed by atoms with van der Waals surface area (Å²) >= 11 is 0. The lowest BCUT2D eigenvalue weighted by atomic mass is 9.96. The minimum atomic E-state index is 0.316. The maximum Gasteiger partial charge on any atom is 0.123 e. The molecule has 1 aromatic rings. The summed E-state index contributed by atoms with van der Waals surface area (Å²) < 4.78 is 1.94. The molecule has 0 bridgehead atoms. The Labute approximate surface area is 95.1 Å². The van der Waals surface area contributed by atoms with E-state index >= 15 is 0 Å². The minimum absolute atomic E-state index is 0.316. The Kier molecular flexibility index (Phi) is 3.03. The molecule has 5 heteroatoms. The van der Waals surface area contributed by atoms with E-state index < -0.39 is 0 Å². The van der Waals surface area contributed by atoms with Gasteiger partial charge in [-0.1, -0.05) is 13.8 Å². The molecule has 16 heavy (non-hydrogen) atoms. The zero-order valence-corrected chi connectivity index (χ0v) is 9.72. The maximum atomic E-state index is 5.64. The summed E-state index contributed by atoms with van der Waals surface area (Å²) in [6.45, 7) is 5.18. The molecule has 1 atom stereocenters. The van der Waals surface area contributed by atoms with Gasteiger partial charge in [0.15, 0.2) is 0 Å². The zero-order valence-electron chi connectivity index (χ0n) is 9.72. The fourth-order valence-corrected chi connectivity index (χ4v) is 1.86. The molecule has 0 saturated carbocycles. The van der Waals surface area contributed by atoms with E-state index in [9.17, 15) is 0 Å². The van der Waals surface area contributed by atoms with Crippen LogP contribution in [-0.2, 0) is 6.54 Å². The molecule has 1 aliphatic heterocycles. The van der Waals surface area contributed by atoms with Crippen LogP contribution >= 0.6 is 0 Å². The van der Waals surface area contributed by atoms with Crippen molar-refractivity contribution in [2.45, 2.75) is 33.2 Å². The predicted molar refractivity (Wildman–Crippen MR) is 64.5 cm³/mol. The average Bonchev–Trinajstić information content (AvgIpc) is 2.67. The molecule has 0 saturated heterocycles. The lowest BCUT2D eigenvalue weighted by molar-refractivity contribution is 0.602. The van der Waals surface area contributed by atoms with Gasteiger partial charge in [0.2, 0.25) is 0 Å². The molecule has 0 fully saturated rings. The second-order valence-electron chi connectivity index (χ2n) is 4.17. The molecule has 0 amide bonds. The number of aromatic nitrogens is 2. The van der Waals surface area contributed by atoms with E-state index in [1.54, 1.807) is 0 Å². The van der Waals surface area contributed by atoms with Crippen LogP contribution in [0, 0.1) is 5.92 Å². The van der Waals surface area contributed by atoms with Gasteiger partial charge in [-0.2, -0.15) is 10.2 Å². The van der Waals surface area contributed by atoms with Crippen molar-refractivity contribution in [1.82, 2.24) is 9.78 Å². The normalized spacial score (nSPS) is 20.5. The summed E-state index contributed by atoms with van der Waals surface area (Å²) in [5.41, 5.74) is 7.68. The third-order valence-electron chi connectivity index (χ3n) is 2.65. The number of nitrogens with two attached hydrogens (primary N) is 1. The van der Waals surface area contributed by atoms with Crippen molar-refractivity contribution in [3.63, 3.8) is 0 Å². The molecular weight excluding hydrogens is 202 g/mol. The van der Waals surface area contributed by atoms with Gasteiger partial charge in [0.25, 0.3) is 0 Å². The number of amidine groups is 1. The van der Waals surface area contributed by atoms with Crippen LogP contribution in [0.4, 0.5) is 0 Å². The summed E-state index contributed by atoms with van der Waals surface area (Å²) in [7, 11) is 0. The van der Waals surface area contributed by atoms with E-state index in [4.69, 9.17) is 5.73 Å². The van der Waals surface area contributed by atoms with E-state index in [0.717, 1.165) is 30.7 Å². The van der Waals surface area contributed by atoms with Crippen LogP contribution in [0.15, 0.2) is 22.6 Å².